The lowest BCUT2D eigenvalue weighted by Gasteiger charge is -2.24. The van der Waals surface area contributed by atoms with Crippen molar-refractivity contribution >= 4 is 5.97 Å². The van der Waals surface area contributed by atoms with Crippen LogP contribution in [0.4, 0.5) is 13.2 Å². The number of carbonyl (C=O) groups excluding carboxylic acids is 1. The Bertz CT molecular complexity index is 1120. The number of H-pyrrole nitrogens is 1. The van der Waals surface area contributed by atoms with Gasteiger partial charge >= 0.3 is 29.3 Å². The van der Waals surface area contributed by atoms with E-state index < -0.39 is 35.4 Å². The first kappa shape index (κ1) is 28.9. The Morgan fingerprint density at radius 3 is 2.33 bits per heavy atom. The number of aromatic amines is 1. The van der Waals surface area contributed by atoms with Gasteiger partial charge in [-0.2, -0.15) is 13.2 Å². The smallest absolute Gasteiger partial charge is 0.457 e. The third-order valence-corrected chi connectivity index (χ3v) is 5.26. The second-order valence-electron chi connectivity index (χ2n) is 8.74. The van der Waals surface area contributed by atoms with Crippen molar-refractivity contribution in [2.45, 2.75) is 71.2 Å². The average Bonchev–Trinajstić information content (AvgIpc) is 2.80. The third-order valence-electron chi connectivity index (χ3n) is 5.26. The van der Waals surface area contributed by atoms with Gasteiger partial charge in [0.1, 0.15) is 5.75 Å². The maximum absolute atomic E-state index is 12.4. The number of hydrogen-bond acceptors (Lipinski definition) is 6. The lowest BCUT2D eigenvalue weighted by molar-refractivity contribution is -0.512. The highest BCUT2D eigenvalue weighted by Crippen LogP contribution is 2.22. The molecule has 1 aromatic carbocycles. The fourth-order valence-electron chi connectivity index (χ4n) is 3.29. The molecule has 0 amide bonds. The van der Waals surface area contributed by atoms with Crippen molar-refractivity contribution in [2.75, 3.05) is 13.2 Å². The summed E-state index contributed by atoms with van der Waals surface area (Å²) in [5.74, 6) is -0.107. The number of nitrogens with zero attached hydrogens (tertiary/aromatic N) is 2. The molecule has 0 spiro atoms. The lowest BCUT2D eigenvalue weighted by atomic mass is 10.1. The van der Waals surface area contributed by atoms with Gasteiger partial charge in [-0.25, -0.2) is 9.59 Å². The molecular formula is C24H33F3N3O6+. The van der Waals surface area contributed by atoms with Crippen molar-refractivity contribution in [1.29, 1.82) is 0 Å². The Kier molecular flexibility index (Phi) is 10.1. The van der Waals surface area contributed by atoms with Crippen molar-refractivity contribution in [3.05, 3.63) is 50.7 Å². The molecule has 2 rings (SSSR count). The number of ether oxygens (including phenoxy) is 3. The summed E-state index contributed by atoms with van der Waals surface area (Å²) >= 11 is 0. The van der Waals surface area contributed by atoms with Crippen molar-refractivity contribution in [3.8, 4) is 11.6 Å². The van der Waals surface area contributed by atoms with Crippen molar-refractivity contribution in [2.24, 2.45) is 7.05 Å². The number of unbranched alkanes of at least 4 members (excludes halogenated alkanes) is 1. The maximum atomic E-state index is 12.4. The van der Waals surface area contributed by atoms with Gasteiger partial charge < -0.3 is 14.2 Å². The zero-order valence-corrected chi connectivity index (χ0v) is 20.9. The number of hydrogen-bond donors (Lipinski definition) is 0. The van der Waals surface area contributed by atoms with Crippen molar-refractivity contribution in [3.63, 3.8) is 0 Å². The van der Waals surface area contributed by atoms with E-state index in [-0.39, 0.29) is 32.1 Å². The highest BCUT2D eigenvalue weighted by atomic mass is 19.4. The fraction of sp³-hybridized carbons (Fsp3) is 0.583. The highest BCUT2D eigenvalue weighted by Gasteiger charge is 2.31. The van der Waals surface area contributed by atoms with E-state index in [1.807, 2.05) is 12.1 Å². The molecule has 0 saturated carbocycles. The van der Waals surface area contributed by atoms with E-state index in [1.54, 1.807) is 32.9 Å². The summed E-state index contributed by atoms with van der Waals surface area (Å²) in [6.45, 7) is 5.23. The summed E-state index contributed by atoms with van der Waals surface area (Å²) in [5, 5.41) is 2.49. The van der Waals surface area contributed by atoms with E-state index >= 15 is 0 Å². The Hall–Kier alpha value is -3.31. The van der Waals surface area contributed by atoms with Crippen LogP contribution in [0.3, 0.4) is 0 Å². The Morgan fingerprint density at radius 1 is 1.06 bits per heavy atom. The van der Waals surface area contributed by atoms with Crippen LogP contribution in [0, 0.1) is 0 Å². The van der Waals surface area contributed by atoms with Crippen molar-refractivity contribution < 1.29 is 37.3 Å². The predicted molar refractivity (Wildman–Crippen MR) is 124 cm³/mol. The van der Waals surface area contributed by atoms with E-state index in [2.05, 4.69) is 5.10 Å². The van der Waals surface area contributed by atoms with Crippen LogP contribution in [0.1, 0.15) is 52.0 Å². The molecule has 0 fully saturated rings. The van der Waals surface area contributed by atoms with Gasteiger partial charge in [-0.05, 0) is 64.2 Å². The van der Waals surface area contributed by atoms with E-state index in [1.165, 1.54) is 7.05 Å². The summed E-state index contributed by atoms with van der Waals surface area (Å²) < 4.78 is 55.1. The third kappa shape index (κ3) is 8.72. The van der Waals surface area contributed by atoms with Crippen LogP contribution in [0.5, 0.6) is 11.6 Å². The van der Waals surface area contributed by atoms with E-state index in [4.69, 9.17) is 14.2 Å². The molecule has 9 nitrogen and oxygen atoms in total. The van der Waals surface area contributed by atoms with E-state index in [0.717, 1.165) is 27.7 Å². The number of aromatic nitrogens is 3. The fourth-order valence-corrected chi connectivity index (χ4v) is 3.29. The monoisotopic (exact) mass is 516 g/mol. The largest absolute Gasteiger partial charge is 0.476 e. The molecule has 0 bridgehead atoms. The first-order valence-corrected chi connectivity index (χ1v) is 11.7. The number of rotatable bonds is 13. The molecule has 200 valence electrons. The van der Waals surface area contributed by atoms with Gasteiger partial charge in [0, 0.05) is 13.5 Å². The number of benzene rings is 1. The molecule has 0 radical (unpaired) electrons. The van der Waals surface area contributed by atoms with Gasteiger partial charge in [0.2, 0.25) is 0 Å². The summed E-state index contributed by atoms with van der Waals surface area (Å²) in [6.07, 6.45) is -3.61. The number of carbonyl (C=O) groups is 1. The molecule has 1 aromatic heterocycles. The predicted octanol–water partition coefficient (Wildman–Crippen LogP) is 2.83. The molecule has 0 atom stereocenters. The summed E-state index contributed by atoms with van der Waals surface area (Å²) in [5.41, 5.74) is -1.50. The van der Waals surface area contributed by atoms with E-state index in [9.17, 15) is 27.6 Å². The van der Waals surface area contributed by atoms with Crippen LogP contribution >= 0.6 is 0 Å². The molecule has 0 unspecified atom stereocenters. The number of halogens is 3. The highest BCUT2D eigenvalue weighted by molar-refractivity contribution is 5.79. The second-order valence-corrected chi connectivity index (χ2v) is 8.74. The van der Waals surface area contributed by atoms with Crippen LogP contribution in [0.15, 0.2) is 33.9 Å². The average molecular weight is 517 g/mol. The van der Waals surface area contributed by atoms with Crippen LogP contribution in [-0.2, 0) is 29.5 Å². The number of alkyl halides is 3. The molecule has 0 aliphatic heterocycles. The van der Waals surface area contributed by atoms with Gasteiger partial charge in [0.05, 0.1) is 19.8 Å². The van der Waals surface area contributed by atoms with Crippen LogP contribution in [-0.4, -0.2) is 40.2 Å². The first-order valence-electron chi connectivity index (χ1n) is 11.7. The SMILES string of the molecule is CCOC(=O)C(C)(C)Oc1ccc(CCCCOc2[nH+]n(CCCC(F)(F)F)c(=O)n(C)c2=O)cc1. The minimum absolute atomic E-state index is 0.182. The molecular weight excluding hydrogens is 483 g/mol. The molecule has 2 aromatic rings. The lowest BCUT2D eigenvalue weighted by Crippen LogP contribution is -2.48. The van der Waals surface area contributed by atoms with E-state index in [0.29, 0.717) is 12.2 Å². The Morgan fingerprint density at radius 2 is 1.72 bits per heavy atom. The second kappa shape index (κ2) is 12.6. The maximum Gasteiger partial charge on any atom is 0.457 e. The molecule has 0 saturated heterocycles. The summed E-state index contributed by atoms with van der Waals surface area (Å²) in [7, 11) is 1.24. The topological polar surface area (TPSA) is 103 Å². The number of nitrogens with one attached hydrogen (secondary N) is 1. The molecule has 1 heterocycles. The van der Waals surface area contributed by atoms with Gasteiger partial charge in [-0.1, -0.05) is 21.9 Å². The minimum Gasteiger partial charge on any atom is -0.476 e. The van der Waals surface area contributed by atoms with Crippen LogP contribution in [0.25, 0.3) is 0 Å². The molecule has 0 aliphatic rings. The minimum atomic E-state index is -4.32. The summed E-state index contributed by atoms with van der Waals surface area (Å²) in [4.78, 5) is 36.3. The number of aryl methyl sites for hydroxylation is 2. The molecule has 12 heteroatoms. The Balaban J connectivity index is 1.85. The standard InChI is InChI=1S/C24H32F3N3O6/c1-5-34-21(32)23(2,3)36-18-12-10-17(11-13-18)9-6-7-16-35-19-20(31)29(4)22(33)30(28-19)15-8-14-24(25,26)27/h10-13H,5-9,14-16H2,1-4H3/p+1. The normalized spacial score (nSPS) is 11.9. The Labute approximate surface area is 206 Å². The molecule has 0 aliphatic carbocycles. The van der Waals surface area contributed by atoms with Crippen LogP contribution in [0.2, 0.25) is 0 Å². The van der Waals surface area contributed by atoms with Gasteiger partial charge in [-0.15, -0.1) is 0 Å². The molecule has 1 N–H and O–H groups in total. The van der Waals surface area contributed by atoms with Gasteiger partial charge in [-0.3, -0.25) is 9.36 Å². The zero-order chi connectivity index (χ0) is 26.9. The van der Waals surface area contributed by atoms with Gasteiger partial charge in [0.15, 0.2) is 5.60 Å². The molecule has 36 heavy (non-hydrogen) atoms. The zero-order valence-electron chi connectivity index (χ0n) is 20.9. The van der Waals surface area contributed by atoms with Crippen molar-refractivity contribution in [1.82, 2.24) is 9.25 Å². The quantitative estimate of drug-likeness (QED) is 0.300. The first-order chi connectivity index (χ1) is 16.8. The summed E-state index contributed by atoms with van der Waals surface area (Å²) in [6, 6.07) is 7.32. The number of esters is 1. The van der Waals surface area contributed by atoms with Gasteiger partial charge in [0.25, 0.3) is 0 Å². The van der Waals surface area contributed by atoms with Crippen LogP contribution < -0.4 is 25.8 Å².